The van der Waals surface area contributed by atoms with Gasteiger partial charge >= 0.3 is 0 Å². The number of nitrogens with two attached hydrogens (primary N) is 1. The van der Waals surface area contributed by atoms with Crippen LogP contribution < -0.4 is 5.73 Å². The highest BCUT2D eigenvalue weighted by atomic mass is 32.1. The number of nitro benzene ring substituents is 1. The summed E-state index contributed by atoms with van der Waals surface area (Å²) >= 11 is 1.12. The fraction of sp³-hybridized carbons (Fsp3) is 0. The molecule has 0 amide bonds. The largest absolute Gasteiger partial charge is 0.389 e. The molecule has 0 unspecified atom stereocenters. The van der Waals surface area contributed by atoms with Crippen LogP contribution in [0.1, 0.15) is 0 Å². The van der Waals surface area contributed by atoms with Gasteiger partial charge < -0.3 is 5.73 Å². The zero-order valence-corrected chi connectivity index (χ0v) is 8.40. The number of nitrogens with zero attached hydrogens (tertiary/aromatic N) is 2. The van der Waals surface area contributed by atoms with E-state index in [0.29, 0.717) is 16.3 Å². The average Bonchev–Trinajstić information content (AvgIpc) is 2.65. The van der Waals surface area contributed by atoms with E-state index in [1.54, 1.807) is 24.3 Å². The molecule has 0 spiro atoms. The van der Waals surface area contributed by atoms with Crippen molar-refractivity contribution in [3.63, 3.8) is 0 Å². The van der Waals surface area contributed by atoms with Crippen LogP contribution in [0.2, 0.25) is 0 Å². The maximum atomic E-state index is 10.8. The molecule has 0 aliphatic carbocycles. The SMILES string of the molecule is Nc1cc(-c2ccccc2[N+](=O)[O-])ns1. The first-order valence-electron chi connectivity index (χ1n) is 4.14. The minimum Gasteiger partial charge on any atom is -0.389 e. The molecule has 5 nitrogen and oxygen atoms in total. The van der Waals surface area contributed by atoms with E-state index in [0.717, 1.165) is 11.5 Å². The van der Waals surface area contributed by atoms with Crippen molar-refractivity contribution in [3.05, 3.63) is 40.4 Å². The quantitative estimate of drug-likeness (QED) is 0.623. The monoisotopic (exact) mass is 221 g/mol. The number of anilines is 1. The number of rotatable bonds is 2. The molecule has 0 radical (unpaired) electrons. The van der Waals surface area contributed by atoms with Gasteiger partial charge in [-0.1, -0.05) is 12.1 Å². The Hall–Kier alpha value is -1.95. The third kappa shape index (κ3) is 1.79. The second-order valence-corrected chi connectivity index (χ2v) is 3.73. The standard InChI is InChI=1S/C9H7N3O2S/c10-9-5-7(11-15-9)6-3-1-2-4-8(6)12(13)14/h1-5H,10H2. The van der Waals surface area contributed by atoms with Gasteiger partial charge in [0.2, 0.25) is 0 Å². The highest BCUT2D eigenvalue weighted by molar-refractivity contribution is 7.10. The first-order chi connectivity index (χ1) is 7.18. The Morgan fingerprint density at radius 3 is 2.73 bits per heavy atom. The van der Waals surface area contributed by atoms with Gasteiger partial charge in [0.15, 0.2) is 0 Å². The predicted molar refractivity (Wildman–Crippen MR) is 58.6 cm³/mol. The molecule has 0 atom stereocenters. The summed E-state index contributed by atoms with van der Waals surface area (Å²) in [5.74, 6) is 0. The fourth-order valence-corrected chi connectivity index (χ4v) is 1.78. The van der Waals surface area contributed by atoms with Gasteiger partial charge in [-0.3, -0.25) is 10.1 Å². The number of benzene rings is 1. The van der Waals surface area contributed by atoms with Crippen LogP contribution in [0.3, 0.4) is 0 Å². The van der Waals surface area contributed by atoms with Gasteiger partial charge in [0.05, 0.1) is 16.2 Å². The molecule has 0 fully saturated rings. The number of aromatic nitrogens is 1. The lowest BCUT2D eigenvalue weighted by Crippen LogP contribution is -1.91. The molecular formula is C9H7N3O2S. The third-order valence-corrected chi connectivity index (χ3v) is 2.52. The van der Waals surface area contributed by atoms with E-state index in [1.807, 2.05) is 0 Å². The highest BCUT2D eigenvalue weighted by Crippen LogP contribution is 2.30. The van der Waals surface area contributed by atoms with Crippen LogP contribution in [0.25, 0.3) is 11.3 Å². The van der Waals surface area contributed by atoms with E-state index >= 15 is 0 Å². The summed E-state index contributed by atoms with van der Waals surface area (Å²) in [6.45, 7) is 0. The second kappa shape index (κ2) is 3.66. The highest BCUT2D eigenvalue weighted by Gasteiger charge is 2.15. The molecule has 2 rings (SSSR count). The number of hydrogen-bond donors (Lipinski definition) is 1. The topological polar surface area (TPSA) is 82.0 Å². The molecule has 1 aromatic carbocycles. The van der Waals surface area contributed by atoms with E-state index in [9.17, 15) is 10.1 Å². The number of para-hydroxylation sites is 1. The maximum absolute atomic E-state index is 10.8. The minimum atomic E-state index is -0.426. The van der Waals surface area contributed by atoms with Crippen molar-refractivity contribution in [3.8, 4) is 11.3 Å². The van der Waals surface area contributed by atoms with E-state index in [-0.39, 0.29) is 5.69 Å². The summed E-state index contributed by atoms with van der Waals surface area (Å²) in [7, 11) is 0. The summed E-state index contributed by atoms with van der Waals surface area (Å²) in [5, 5.41) is 11.3. The Labute approximate surface area is 89.5 Å². The number of nitro groups is 1. The number of hydrogen-bond acceptors (Lipinski definition) is 5. The zero-order valence-electron chi connectivity index (χ0n) is 7.58. The Morgan fingerprint density at radius 2 is 2.13 bits per heavy atom. The summed E-state index contributed by atoms with van der Waals surface area (Å²) in [6, 6.07) is 8.10. The Morgan fingerprint density at radius 1 is 1.40 bits per heavy atom. The lowest BCUT2D eigenvalue weighted by molar-refractivity contribution is -0.384. The van der Waals surface area contributed by atoms with Crippen molar-refractivity contribution in [2.45, 2.75) is 0 Å². The zero-order chi connectivity index (χ0) is 10.8. The third-order valence-electron chi connectivity index (χ3n) is 1.91. The normalized spacial score (nSPS) is 10.1. The van der Waals surface area contributed by atoms with Crippen LogP contribution in [0.4, 0.5) is 10.7 Å². The molecule has 0 saturated carbocycles. The smallest absolute Gasteiger partial charge is 0.278 e. The van der Waals surface area contributed by atoms with Gasteiger partial charge in [-0.05, 0) is 17.6 Å². The van der Waals surface area contributed by atoms with Crippen molar-refractivity contribution >= 4 is 22.2 Å². The van der Waals surface area contributed by atoms with Crippen molar-refractivity contribution < 1.29 is 4.92 Å². The summed E-state index contributed by atoms with van der Waals surface area (Å²) in [4.78, 5) is 10.3. The van der Waals surface area contributed by atoms with Gasteiger partial charge in [0.25, 0.3) is 5.69 Å². The summed E-state index contributed by atoms with van der Waals surface area (Å²) < 4.78 is 4.04. The van der Waals surface area contributed by atoms with Crippen LogP contribution in [0.15, 0.2) is 30.3 Å². The van der Waals surface area contributed by atoms with Crippen LogP contribution >= 0.6 is 11.5 Å². The molecule has 76 valence electrons. The molecule has 2 N–H and O–H groups in total. The molecule has 1 heterocycles. The Kier molecular flexibility index (Phi) is 2.34. The van der Waals surface area contributed by atoms with Crippen LogP contribution in [-0.2, 0) is 0 Å². The first-order valence-corrected chi connectivity index (χ1v) is 4.92. The van der Waals surface area contributed by atoms with Crippen LogP contribution in [0, 0.1) is 10.1 Å². The van der Waals surface area contributed by atoms with Crippen molar-refractivity contribution in [1.82, 2.24) is 4.37 Å². The van der Waals surface area contributed by atoms with Gasteiger partial charge in [-0.2, -0.15) is 4.37 Å². The Balaban J connectivity index is 2.57. The first kappa shape index (κ1) is 9.60. The van der Waals surface area contributed by atoms with Crippen molar-refractivity contribution in [2.75, 3.05) is 5.73 Å². The molecule has 6 heteroatoms. The molecular weight excluding hydrogens is 214 g/mol. The van der Waals surface area contributed by atoms with E-state index < -0.39 is 4.92 Å². The van der Waals surface area contributed by atoms with Crippen LogP contribution in [-0.4, -0.2) is 9.30 Å². The molecule has 0 aliphatic heterocycles. The molecule has 15 heavy (non-hydrogen) atoms. The Bertz CT molecular complexity index is 510. The molecule has 0 saturated heterocycles. The van der Waals surface area contributed by atoms with E-state index in [2.05, 4.69) is 4.37 Å². The molecule has 2 aromatic rings. The van der Waals surface area contributed by atoms with Gasteiger partial charge in [-0.15, -0.1) is 0 Å². The predicted octanol–water partition coefficient (Wildman–Crippen LogP) is 2.30. The van der Waals surface area contributed by atoms with Gasteiger partial charge in [0.1, 0.15) is 5.00 Å². The lowest BCUT2D eigenvalue weighted by Gasteiger charge is -1.97. The summed E-state index contributed by atoms with van der Waals surface area (Å²) in [5.41, 5.74) is 6.61. The van der Waals surface area contributed by atoms with Crippen molar-refractivity contribution in [1.29, 1.82) is 0 Å². The maximum Gasteiger partial charge on any atom is 0.278 e. The van der Waals surface area contributed by atoms with E-state index in [4.69, 9.17) is 5.73 Å². The molecule has 1 aromatic heterocycles. The van der Waals surface area contributed by atoms with Gasteiger partial charge in [-0.25, -0.2) is 0 Å². The summed E-state index contributed by atoms with van der Waals surface area (Å²) in [6.07, 6.45) is 0. The van der Waals surface area contributed by atoms with E-state index in [1.165, 1.54) is 6.07 Å². The number of nitrogen functional groups attached to an aromatic ring is 1. The molecule has 0 bridgehead atoms. The van der Waals surface area contributed by atoms with Crippen LogP contribution in [0.5, 0.6) is 0 Å². The van der Waals surface area contributed by atoms with Gasteiger partial charge in [0, 0.05) is 12.1 Å². The second-order valence-electron chi connectivity index (χ2n) is 2.89. The minimum absolute atomic E-state index is 0.0443. The fourth-order valence-electron chi connectivity index (χ4n) is 1.27. The molecule has 0 aliphatic rings. The lowest BCUT2D eigenvalue weighted by atomic mass is 10.1. The van der Waals surface area contributed by atoms with Crippen molar-refractivity contribution in [2.24, 2.45) is 0 Å². The average molecular weight is 221 g/mol.